The Kier molecular flexibility index (Phi) is 8.06. The van der Waals surface area contributed by atoms with Crippen molar-refractivity contribution in [3.8, 4) is 5.75 Å². The number of methoxy groups -OCH3 is 1. The topological polar surface area (TPSA) is 87.7 Å². The van der Waals surface area contributed by atoms with Crippen LogP contribution in [0.25, 0.3) is 0 Å². The molecule has 2 aliphatic rings. The molecule has 9 heteroatoms. The van der Waals surface area contributed by atoms with E-state index >= 15 is 0 Å². The average molecular weight is 492 g/mol. The zero-order valence-corrected chi connectivity index (χ0v) is 20.7. The fourth-order valence-corrected chi connectivity index (χ4v) is 7.54. The summed E-state index contributed by atoms with van der Waals surface area (Å²) < 4.78 is 33.4. The Morgan fingerprint density at radius 2 is 1.97 bits per heavy atom. The SMILES string of the molecule is COc1cccc(C(=O)NCc2ccc(S(=O)(=O)N3CCC(NCC4CCCCC4)C3)s2)c1. The van der Waals surface area contributed by atoms with E-state index < -0.39 is 10.0 Å². The second-order valence-corrected chi connectivity index (χ2v) is 12.2. The molecular weight excluding hydrogens is 458 g/mol. The van der Waals surface area contributed by atoms with Gasteiger partial charge in [0.2, 0.25) is 0 Å². The Morgan fingerprint density at radius 3 is 2.76 bits per heavy atom. The summed E-state index contributed by atoms with van der Waals surface area (Å²) in [5, 5.41) is 6.46. The minimum Gasteiger partial charge on any atom is -0.497 e. The van der Waals surface area contributed by atoms with Crippen molar-refractivity contribution in [2.75, 3.05) is 26.7 Å². The molecule has 1 amide bonds. The highest BCUT2D eigenvalue weighted by Crippen LogP contribution is 2.28. The van der Waals surface area contributed by atoms with Crippen molar-refractivity contribution < 1.29 is 17.9 Å². The summed E-state index contributed by atoms with van der Waals surface area (Å²) in [7, 11) is -1.96. The maximum absolute atomic E-state index is 13.1. The number of amides is 1. The Bertz CT molecular complexity index is 1050. The van der Waals surface area contributed by atoms with Crippen LogP contribution in [0.5, 0.6) is 5.75 Å². The van der Waals surface area contributed by atoms with Crippen LogP contribution < -0.4 is 15.4 Å². The highest BCUT2D eigenvalue weighted by Gasteiger charge is 2.33. The van der Waals surface area contributed by atoms with Crippen molar-refractivity contribution in [3.63, 3.8) is 0 Å². The van der Waals surface area contributed by atoms with Crippen molar-refractivity contribution in [2.45, 2.75) is 55.3 Å². The molecule has 4 rings (SSSR count). The second kappa shape index (κ2) is 11.0. The second-order valence-electron chi connectivity index (χ2n) is 8.90. The van der Waals surface area contributed by atoms with Crippen molar-refractivity contribution in [1.82, 2.24) is 14.9 Å². The Hall–Kier alpha value is -1.94. The van der Waals surface area contributed by atoms with Gasteiger partial charge in [-0.05, 0) is 62.1 Å². The number of carbonyl (C=O) groups excluding carboxylic acids is 1. The lowest BCUT2D eigenvalue weighted by atomic mass is 9.89. The van der Waals surface area contributed by atoms with Gasteiger partial charge in [0.25, 0.3) is 15.9 Å². The monoisotopic (exact) mass is 491 g/mol. The Morgan fingerprint density at radius 1 is 1.15 bits per heavy atom. The number of thiophene rings is 1. The molecule has 7 nitrogen and oxygen atoms in total. The molecule has 0 radical (unpaired) electrons. The number of benzene rings is 1. The maximum Gasteiger partial charge on any atom is 0.252 e. The molecule has 1 saturated carbocycles. The Labute approximate surface area is 200 Å². The van der Waals surface area contributed by atoms with E-state index in [1.807, 2.05) is 0 Å². The van der Waals surface area contributed by atoms with E-state index in [1.165, 1.54) is 43.4 Å². The van der Waals surface area contributed by atoms with E-state index in [2.05, 4.69) is 10.6 Å². The van der Waals surface area contributed by atoms with Crippen LogP contribution in [0.3, 0.4) is 0 Å². The van der Waals surface area contributed by atoms with Gasteiger partial charge in [-0.1, -0.05) is 25.3 Å². The number of carbonyl (C=O) groups is 1. The maximum atomic E-state index is 13.1. The van der Waals surface area contributed by atoms with Gasteiger partial charge in [0.05, 0.1) is 13.7 Å². The molecule has 1 aromatic heterocycles. The molecule has 0 bridgehead atoms. The molecule has 2 aromatic rings. The molecule has 1 aliphatic heterocycles. The van der Waals surface area contributed by atoms with Crippen LogP contribution in [0.15, 0.2) is 40.6 Å². The summed E-state index contributed by atoms with van der Waals surface area (Å²) in [6, 6.07) is 10.6. The minimum atomic E-state index is -3.51. The zero-order valence-electron chi connectivity index (χ0n) is 19.1. The highest BCUT2D eigenvalue weighted by molar-refractivity contribution is 7.91. The number of nitrogens with zero attached hydrogens (tertiary/aromatic N) is 1. The van der Waals surface area contributed by atoms with Crippen LogP contribution in [0.4, 0.5) is 0 Å². The third kappa shape index (κ3) is 6.15. The first-order chi connectivity index (χ1) is 16.0. The molecule has 2 fully saturated rings. The van der Waals surface area contributed by atoms with Gasteiger partial charge in [-0.25, -0.2) is 8.42 Å². The van der Waals surface area contributed by atoms with Crippen LogP contribution in [0.2, 0.25) is 0 Å². The lowest BCUT2D eigenvalue weighted by Crippen LogP contribution is -2.37. The third-order valence-electron chi connectivity index (χ3n) is 6.56. The third-order valence-corrected chi connectivity index (χ3v) is 9.97. The van der Waals surface area contributed by atoms with E-state index in [0.717, 1.165) is 23.8 Å². The predicted octanol–water partition coefficient (Wildman–Crippen LogP) is 3.62. The summed E-state index contributed by atoms with van der Waals surface area (Å²) >= 11 is 1.22. The fourth-order valence-electron chi connectivity index (χ4n) is 4.59. The van der Waals surface area contributed by atoms with Gasteiger partial charge in [0.1, 0.15) is 9.96 Å². The molecule has 2 heterocycles. The largest absolute Gasteiger partial charge is 0.497 e. The van der Waals surface area contributed by atoms with Gasteiger partial charge >= 0.3 is 0 Å². The lowest BCUT2D eigenvalue weighted by molar-refractivity contribution is 0.0951. The predicted molar refractivity (Wildman–Crippen MR) is 130 cm³/mol. The summed E-state index contributed by atoms with van der Waals surface area (Å²) in [4.78, 5) is 13.2. The molecule has 1 saturated heterocycles. The first kappa shape index (κ1) is 24.2. The molecule has 1 aliphatic carbocycles. The van der Waals surface area contributed by atoms with Gasteiger partial charge in [0, 0.05) is 29.6 Å². The standard InChI is InChI=1S/C24H33N3O4S2/c1-31-21-9-5-8-19(14-21)24(28)26-16-22-10-11-23(32-22)33(29,30)27-13-12-20(17-27)25-15-18-6-3-2-4-7-18/h5,8-11,14,18,20,25H,2-4,6-7,12-13,15-17H2,1H3,(H,26,28). The number of rotatable bonds is 9. The van der Waals surface area contributed by atoms with Crippen molar-refractivity contribution in [3.05, 3.63) is 46.8 Å². The smallest absolute Gasteiger partial charge is 0.252 e. The van der Waals surface area contributed by atoms with Crippen LogP contribution in [-0.2, 0) is 16.6 Å². The van der Waals surface area contributed by atoms with E-state index in [0.29, 0.717) is 28.6 Å². The molecule has 1 aromatic carbocycles. The number of ether oxygens (including phenoxy) is 1. The number of sulfonamides is 1. The van der Waals surface area contributed by atoms with E-state index in [4.69, 9.17) is 4.74 Å². The molecule has 33 heavy (non-hydrogen) atoms. The van der Waals surface area contributed by atoms with E-state index in [9.17, 15) is 13.2 Å². The van der Waals surface area contributed by atoms with Gasteiger partial charge in [-0.15, -0.1) is 11.3 Å². The van der Waals surface area contributed by atoms with Crippen molar-refractivity contribution >= 4 is 27.3 Å². The van der Waals surface area contributed by atoms with Crippen LogP contribution >= 0.6 is 11.3 Å². The van der Waals surface area contributed by atoms with Crippen LogP contribution in [0.1, 0.15) is 53.8 Å². The zero-order chi connectivity index (χ0) is 23.3. The Balaban J connectivity index is 1.29. The quantitative estimate of drug-likeness (QED) is 0.559. The molecule has 180 valence electrons. The van der Waals surface area contributed by atoms with Gasteiger partial charge in [0.15, 0.2) is 0 Å². The molecule has 2 N–H and O–H groups in total. The van der Waals surface area contributed by atoms with Crippen LogP contribution in [0, 0.1) is 5.92 Å². The number of hydrogen-bond acceptors (Lipinski definition) is 6. The van der Waals surface area contributed by atoms with E-state index in [-0.39, 0.29) is 18.5 Å². The fraction of sp³-hybridized carbons (Fsp3) is 0.542. The van der Waals surface area contributed by atoms with Gasteiger partial charge < -0.3 is 15.4 Å². The first-order valence-corrected chi connectivity index (χ1v) is 14.0. The molecular formula is C24H33N3O4S2. The number of nitrogens with one attached hydrogen (secondary N) is 2. The summed E-state index contributed by atoms with van der Waals surface area (Å²) in [5.41, 5.74) is 0.502. The summed E-state index contributed by atoms with van der Waals surface area (Å²) in [6.45, 7) is 2.34. The van der Waals surface area contributed by atoms with Crippen LogP contribution in [-0.4, -0.2) is 51.4 Å². The average Bonchev–Trinajstić information content (AvgIpc) is 3.52. The highest BCUT2D eigenvalue weighted by atomic mass is 32.2. The van der Waals surface area contributed by atoms with Gasteiger partial charge in [-0.3, -0.25) is 4.79 Å². The summed E-state index contributed by atoms with van der Waals surface area (Å²) in [5.74, 6) is 1.12. The molecule has 1 atom stereocenters. The minimum absolute atomic E-state index is 0.224. The lowest BCUT2D eigenvalue weighted by Gasteiger charge is -2.24. The van der Waals surface area contributed by atoms with Crippen molar-refractivity contribution in [1.29, 1.82) is 0 Å². The normalized spacial score (nSPS) is 20.1. The van der Waals surface area contributed by atoms with E-state index in [1.54, 1.807) is 47.8 Å². The number of hydrogen-bond donors (Lipinski definition) is 2. The first-order valence-electron chi connectivity index (χ1n) is 11.7. The molecule has 1 unspecified atom stereocenters. The summed E-state index contributed by atoms with van der Waals surface area (Å²) in [6.07, 6.45) is 7.40. The molecule has 0 spiro atoms. The van der Waals surface area contributed by atoms with Crippen molar-refractivity contribution in [2.24, 2.45) is 5.92 Å². The van der Waals surface area contributed by atoms with Gasteiger partial charge in [-0.2, -0.15) is 4.31 Å².